The zero-order valence-electron chi connectivity index (χ0n) is 19.0. The Bertz CT molecular complexity index is 1360. The average molecular weight is 491 g/mol. The molecule has 3 amide bonds. The molecule has 8 nitrogen and oxygen atoms in total. The quantitative estimate of drug-likeness (QED) is 0.438. The van der Waals surface area contributed by atoms with E-state index in [1.54, 1.807) is 43.3 Å². The molecule has 2 N–H and O–H groups in total. The molecule has 0 atom stereocenters. The topological polar surface area (TPSA) is 117 Å². The van der Waals surface area contributed by atoms with Gasteiger partial charge in [0, 0.05) is 17.3 Å². The smallest absolute Gasteiger partial charge is 0.335 e. The maximum absolute atomic E-state index is 12.8. The highest BCUT2D eigenvalue weighted by Gasteiger charge is 2.36. The van der Waals surface area contributed by atoms with Crippen LogP contribution in [0.3, 0.4) is 0 Å². The second-order valence-electron chi connectivity index (χ2n) is 7.90. The number of thioether (sulfide) groups is 1. The van der Waals surface area contributed by atoms with Crippen molar-refractivity contribution in [2.75, 3.05) is 11.9 Å². The molecule has 2 heterocycles. The molecule has 1 aromatic heterocycles. The molecule has 178 valence electrons. The predicted molar refractivity (Wildman–Crippen MR) is 133 cm³/mol. The first kappa shape index (κ1) is 24.0. The maximum atomic E-state index is 12.8. The zero-order valence-corrected chi connectivity index (χ0v) is 19.8. The van der Waals surface area contributed by atoms with E-state index in [1.165, 1.54) is 12.1 Å². The number of rotatable bonds is 7. The number of hydrogen-bond donors (Lipinski definition) is 2. The summed E-state index contributed by atoms with van der Waals surface area (Å²) in [5.41, 5.74) is 3.33. The number of carboxylic acids is 1. The minimum absolute atomic E-state index is 0.147. The van der Waals surface area contributed by atoms with Gasteiger partial charge in [0.2, 0.25) is 5.91 Å². The molecular formula is C26H22N2O6S. The first-order valence-corrected chi connectivity index (χ1v) is 11.6. The number of furan rings is 1. The number of carbonyl (C=O) groups is 4. The zero-order chi connectivity index (χ0) is 25.1. The van der Waals surface area contributed by atoms with E-state index >= 15 is 0 Å². The van der Waals surface area contributed by atoms with E-state index in [2.05, 4.69) is 5.32 Å². The third kappa shape index (κ3) is 5.36. The Balaban J connectivity index is 1.44. The summed E-state index contributed by atoms with van der Waals surface area (Å²) >= 11 is 0.737. The third-order valence-electron chi connectivity index (χ3n) is 5.46. The Kier molecular flexibility index (Phi) is 6.88. The number of aromatic carboxylic acids is 1. The van der Waals surface area contributed by atoms with Crippen molar-refractivity contribution in [3.8, 4) is 11.3 Å². The largest absolute Gasteiger partial charge is 0.478 e. The molecule has 35 heavy (non-hydrogen) atoms. The molecule has 2 aromatic carbocycles. The highest BCUT2D eigenvalue weighted by Crippen LogP contribution is 2.34. The van der Waals surface area contributed by atoms with Crippen LogP contribution in [-0.4, -0.2) is 39.6 Å². The molecule has 0 saturated carbocycles. The number of anilines is 1. The van der Waals surface area contributed by atoms with Crippen molar-refractivity contribution < 1.29 is 28.7 Å². The van der Waals surface area contributed by atoms with Crippen molar-refractivity contribution in [1.82, 2.24) is 4.90 Å². The second kappa shape index (κ2) is 10.0. The monoisotopic (exact) mass is 490 g/mol. The van der Waals surface area contributed by atoms with Crippen molar-refractivity contribution >= 4 is 46.5 Å². The molecule has 0 aliphatic carbocycles. The Morgan fingerprint density at radius 2 is 1.83 bits per heavy atom. The van der Waals surface area contributed by atoms with Crippen LogP contribution in [-0.2, 0) is 16.0 Å². The maximum Gasteiger partial charge on any atom is 0.335 e. The number of imide groups is 1. The summed E-state index contributed by atoms with van der Waals surface area (Å²) in [6.45, 7) is 3.42. The third-order valence-corrected chi connectivity index (χ3v) is 6.37. The fourth-order valence-corrected chi connectivity index (χ4v) is 4.40. The summed E-state index contributed by atoms with van der Waals surface area (Å²) < 4.78 is 5.81. The molecule has 3 aromatic rings. The van der Waals surface area contributed by atoms with E-state index in [4.69, 9.17) is 9.52 Å². The summed E-state index contributed by atoms with van der Waals surface area (Å²) in [6.07, 6.45) is 2.34. The van der Waals surface area contributed by atoms with E-state index in [1.807, 2.05) is 19.1 Å². The predicted octanol–water partition coefficient (Wildman–Crippen LogP) is 5.19. The van der Waals surface area contributed by atoms with Crippen LogP contribution in [0.25, 0.3) is 17.4 Å². The van der Waals surface area contributed by atoms with Crippen molar-refractivity contribution in [2.24, 2.45) is 0 Å². The van der Waals surface area contributed by atoms with Gasteiger partial charge < -0.3 is 14.8 Å². The lowest BCUT2D eigenvalue weighted by Gasteiger charge is -2.12. The number of hydrogen-bond acceptors (Lipinski definition) is 6. The lowest BCUT2D eigenvalue weighted by molar-refractivity contribution is -0.127. The standard InChI is InChI=1S/C26H22N2O6S/c1-3-16-4-7-18(8-5-16)27-23(29)14-28-24(30)22(35-26(28)33)13-19-9-11-21(34-19)20-10-6-17(25(31)32)12-15(20)2/h4-13H,3,14H2,1-2H3,(H,27,29)(H,31,32)/b22-13-. The van der Waals surface area contributed by atoms with E-state index in [0.29, 0.717) is 22.8 Å². The number of carboxylic acid groups (broad SMARTS) is 1. The number of nitrogens with one attached hydrogen (secondary N) is 1. The molecular weight excluding hydrogens is 468 g/mol. The van der Waals surface area contributed by atoms with Crippen molar-refractivity contribution in [1.29, 1.82) is 0 Å². The summed E-state index contributed by atoms with van der Waals surface area (Å²) in [5.74, 6) is -1.21. The van der Waals surface area contributed by atoms with Gasteiger partial charge in [0.1, 0.15) is 18.1 Å². The van der Waals surface area contributed by atoms with Gasteiger partial charge in [-0.2, -0.15) is 0 Å². The van der Waals surface area contributed by atoms with E-state index in [-0.39, 0.29) is 10.5 Å². The van der Waals surface area contributed by atoms with Gasteiger partial charge in [-0.15, -0.1) is 0 Å². The number of carbonyl (C=O) groups excluding carboxylic acids is 3. The van der Waals surface area contributed by atoms with Gasteiger partial charge in [-0.1, -0.05) is 25.1 Å². The van der Waals surface area contributed by atoms with Crippen LogP contribution < -0.4 is 5.32 Å². The van der Waals surface area contributed by atoms with Crippen molar-refractivity contribution in [3.05, 3.63) is 82.0 Å². The van der Waals surface area contributed by atoms with Crippen LogP contribution in [0.5, 0.6) is 0 Å². The molecule has 0 spiro atoms. The van der Waals surface area contributed by atoms with Crippen molar-refractivity contribution in [2.45, 2.75) is 20.3 Å². The average Bonchev–Trinajstić information content (AvgIpc) is 3.39. The Morgan fingerprint density at radius 1 is 1.09 bits per heavy atom. The number of nitrogens with zero attached hydrogens (tertiary/aromatic N) is 1. The minimum Gasteiger partial charge on any atom is -0.478 e. The Hall–Kier alpha value is -4.11. The van der Waals surface area contributed by atoms with E-state index < -0.39 is 29.6 Å². The molecule has 0 unspecified atom stereocenters. The molecule has 1 aliphatic heterocycles. The van der Waals surface area contributed by atoms with Crippen LogP contribution in [0.2, 0.25) is 0 Å². The van der Waals surface area contributed by atoms with Gasteiger partial charge in [0.15, 0.2) is 0 Å². The highest BCUT2D eigenvalue weighted by atomic mass is 32.2. The summed E-state index contributed by atoms with van der Waals surface area (Å²) in [6, 6.07) is 15.4. The number of benzene rings is 2. The van der Waals surface area contributed by atoms with Crippen LogP contribution in [0.4, 0.5) is 10.5 Å². The fourth-order valence-electron chi connectivity index (χ4n) is 3.58. The van der Waals surface area contributed by atoms with E-state index in [9.17, 15) is 19.2 Å². The first-order valence-electron chi connectivity index (χ1n) is 10.8. The van der Waals surface area contributed by atoms with Crippen molar-refractivity contribution in [3.63, 3.8) is 0 Å². The summed E-state index contributed by atoms with van der Waals surface area (Å²) in [5, 5.41) is 11.3. The van der Waals surface area contributed by atoms with Gasteiger partial charge in [-0.05, 0) is 72.6 Å². The Morgan fingerprint density at radius 3 is 2.49 bits per heavy atom. The number of amides is 3. The van der Waals surface area contributed by atoms with Crippen LogP contribution >= 0.6 is 11.8 Å². The SMILES string of the molecule is CCc1ccc(NC(=O)CN2C(=O)S/C(=C\c3ccc(-c4ccc(C(=O)O)cc4C)o3)C2=O)cc1. The molecule has 4 rings (SSSR count). The summed E-state index contributed by atoms with van der Waals surface area (Å²) in [7, 11) is 0. The normalized spacial score (nSPS) is 14.6. The second-order valence-corrected chi connectivity index (χ2v) is 8.90. The van der Waals surface area contributed by atoms with Crippen LogP contribution in [0.1, 0.15) is 34.2 Å². The highest BCUT2D eigenvalue weighted by molar-refractivity contribution is 8.18. The Labute approximate surface area is 205 Å². The van der Waals surface area contributed by atoms with Gasteiger partial charge in [0.05, 0.1) is 10.5 Å². The van der Waals surface area contributed by atoms with E-state index in [0.717, 1.165) is 34.2 Å². The fraction of sp³-hybridized carbons (Fsp3) is 0.154. The molecule has 0 bridgehead atoms. The van der Waals surface area contributed by atoms with Gasteiger partial charge in [-0.25, -0.2) is 4.79 Å². The molecule has 1 fully saturated rings. The van der Waals surface area contributed by atoms with Gasteiger partial charge in [0.25, 0.3) is 11.1 Å². The van der Waals surface area contributed by atoms with Crippen LogP contribution in [0.15, 0.2) is 63.9 Å². The minimum atomic E-state index is -1.02. The molecule has 1 saturated heterocycles. The van der Waals surface area contributed by atoms with Crippen LogP contribution in [0, 0.1) is 6.92 Å². The van der Waals surface area contributed by atoms with Gasteiger partial charge in [-0.3, -0.25) is 19.3 Å². The lowest BCUT2D eigenvalue weighted by atomic mass is 10.0. The molecule has 9 heteroatoms. The summed E-state index contributed by atoms with van der Waals surface area (Å²) in [4.78, 5) is 49.7. The lowest BCUT2D eigenvalue weighted by Crippen LogP contribution is -2.36. The van der Waals surface area contributed by atoms with Gasteiger partial charge >= 0.3 is 5.97 Å². The first-order chi connectivity index (χ1) is 16.7. The molecule has 1 aliphatic rings. The molecule has 0 radical (unpaired) electrons. The number of aryl methyl sites for hydroxylation is 2.